The summed E-state index contributed by atoms with van der Waals surface area (Å²) >= 11 is 0. The van der Waals surface area contributed by atoms with Gasteiger partial charge in [0.1, 0.15) is 0 Å². The molecule has 20 heavy (non-hydrogen) atoms. The van der Waals surface area contributed by atoms with Crippen LogP contribution < -0.4 is 5.32 Å². The SMILES string of the molecule is CCCCCCCCCCNc1nccc(C(=O)O)n1. The maximum atomic E-state index is 10.8. The summed E-state index contributed by atoms with van der Waals surface area (Å²) in [6.45, 7) is 3.02. The molecule has 0 saturated carbocycles. The van der Waals surface area contributed by atoms with Gasteiger partial charge in [0.25, 0.3) is 0 Å². The molecular formula is C15H25N3O2. The standard InChI is InChI=1S/C15H25N3O2/c1-2-3-4-5-6-7-8-9-11-16-15-17-12-10-13(18-15)14(19)20/h10,12H,2-9,11H2,1H3,(H,19,20)(H,16,17,18). The Labute approximate surface area is 120 Å². The van der Waals surface area contributed by atoms with E-state index in [4.69, 9.17) is 5.11 Å². The van der Waals surface area contributed by atoms with Gasteiger partial charge in [-0.3, -0.25) is 0 Å². The van der Waals surface area contributed by atoms with Crippen LogP contribution in [-0.4, -0.2) is 27.6 Å². The Morgan fingerprint density at radius 1 is 1.15 bits per heavy atom. The van der Waals surface area contributed by atoms with E-state index < -0.39 is 5.97 Å². The molecule has 0 radical (unpaired) electrons. The lowest BCUT2D eigenvalue weighted by atomic mass is 10.1. The third kappa shape index (κ3) is 7.07. The Kier molecular flexibility index (Phi) is 8.35. The zero-order valence-electron chi connectivity index (χ0n) is 12.3. The second kappa shape index (κ2) is 10.2. The zero-order valence-corrected chi connectivity index (χ0v) is 12.3. The number of aromatic carboxylic acids is 1. The molecule has 5 nitrogen and oxygen atoms in total. The first-order valence-electron chi connectivity index (χ1n) is 7.54. The van der Waals surface area contributed by atoms with Crippen LogP contribution in [0.4, 0.5) is 5.95 Å². The van der Waals surface area contributed by atoms with Gasteiger partial charge in [0.2, 0.25) is 5.95 Å². The number of anilines is 1. The smallest absolute Gasteiger partial charge is 0.354 e. The molecule has 1 aromatic heterocycles. The summed E-state index contributed by atoms with van der Waals surface area (Å²) in [5.41, 5.74) is 0.0263. The summed E-state index contributed by atoms with van der Waals surface area (Å²) in [5.74, 6) is -0.629. The third-order valence-electron chi connectivity index (χ3n) is 3.19. The summed E-state index contributed by atoms with van der Waals surface area (Å²) in [7, 11) is 0. The Balaban J connectivity index is 2.06. The topological polar surface area (TPSA) is 75.1 Å². The van der Waals surface area contributed by atoms with Crippen molar-refractivity contribution in [1.82, 2.24) is 9.97 Å². The van der Waals surface area contributed by atoms with E-state index in [1.54, 1.807) is 0 Å². The van der Waals surface area contributed by atoms with E-state index in [1.165, 1.54) is 57.2 Å². The fourth-order valence-corrected chi connectivity index (χ4v) is 2.02. The van der Waals surface area contributed by atoms with E-state index in [-0.39, 0.29) is 5.69 Å². The molecule has 1 aromatic rings. The highest BCUT2D eigenvalue weighted by Crippen LogP contribution is 2.08. The molecule has 5 heteroatoms. The van der Waals surface area contributed by atoms with Crippen LogP contribution in [0, 0.1) is 0 Å². The van der Waals surface area contributed by atoms with Crippen molar-refractivity contribution in [2.45, 2.75) is 58.3 Å². The molecule has 0 unspecified atom stereocenters. The first-order valence-corrected chi connectivity index (χ1v) is 7.54. The van der Waals surface area contributed by atoms with Crippen molar-refractivity contribution in [2.75, 3.05) is 11.9 Å². The zero-order chi connectivity index (χ0) is 14.6. The van der Waals surface area contributed by atoms with Crippen molar-refractivity contribution in [3.63, 3.8) is 0 Å². The molecule has 0 atom stereocenters. The minimum absolute atomic E-state index is 0.0263. The quantitative estimate of drug-likeness (QED) is 0.604. The molecule has 0 aliphatic rings. The molecule has 0 bridgehead atoms. The Morgan fingerprint density at radius 3 is 2.45 bits per heavy atom. The number of nitrogens with one attached hydrogen (secondary N) is 1. The van der Waals surface area contributed by atoms with Gasteiger partial charge in [-0.1, -0.05) is 51.9 Å². The summed E-state index contributed by atoms with van der Waals surface area (Å²) in [6.07, 6.45) is 11.6. The minimum Gasteiger partial charge on any atom is -0.477 e. The minimum atomic E-state index is -1.03. The van der Waals surface area contributed by atoms with Gasteiger partial charge in [0.15, 0.2) is 5.69 Å². The fraction of sp³-hybridized carbons (Fsp3) is 0.667. The van der Waals surface area contributed by atoms with Crippen molar-refractivity contribution in [2.24, 2.45) is 0 Å². The van der Waals surface area contributed by atoms with Crippen LogP contribution in [0.2, 0.25) is 0 Å². The van der Waals surface area contributed by atoms with Gasteiger partial charge in [0, 0.05) is 12.7 Å². The molecule has 112 valence electrons. The van der Waals surface area contributed by atoms with Crippen LogP contribution in [0.15, 0.2) is 12.3 Å². The van der Waals surface area contributed by atoms with E-state index >= 15 is 0 Å². The van der Waals surface area contributed by atoms with E-state index in [0.29, 0.717) is 5.95 Å². The van der Waals surface area contributed by atoms with Crippen molar-refractivity contribution < 1.29 is 9.90 Å². The maximum Gasteiger partial charge on any atom is 0.354 e. The second-order valence-electron chi connectivity index (χ2n) is 4.97. The van der Waals surface area contributed by atoms with Crippen LogP contribution in [0.5, 0.6) is 0 Å². The molecule has 0 aliphatic heterocycles. The number of hydrogen-bond donors (Lipinski definition) is 2. The molecule has 0 aromatic carbocycles. The fourth-order valence-electron chi connectivity index (χ4n) is 2.02. The van der Waals surface area contributed by atoms with Crippen LogP contribution in [0.3, 0.4) is 0 Å². The predicted molar refractivity (Wildman–Crippen MR) is 80.1 cm³/mol. The van der Waals surface area contributed by atoms with E-state index in [2.05, 4.69) is 22.2 Å². The van der Waals surface area contributed by atoms with Gasteiger partial charge in [0.05, 0.1) is 0 Å². The molecule has 0 aliphatic carbocycles. The van der Waals surface area contributed by atoms with Gasteiger partial charge < -0.3 is 10.4 Å². The van der Waals surface area contributed by atoms with Crippen molar-refractivity contribution in [1.29, 1.82) is 0 Å². The summed E-state index contributed by atoms with van der Waals surface area (Å²) in [5, 5.41) is 11.9. The molecule has 2 N–H and O–H groups in total. The lowest BCUT2D eigenvalue weighted by Gasteiger charge is -2.05. The van der Waals surface area contributed by atoms with Crippen molar-refractivity contribution in [3.8, 4) is 0 Å². The summed E-state index contributed by atoms with van der Waals surface area (Å²) < 4.78 is 0. The predicted octanol–water partition coefficient (Wildman–Crippen LogP) is 3.73. The van der Waals surface area contributed by atoms with E-state index in [0.717, 1.165) is 13.0 Å². The number of rotatable bonds is 11. The maximum absolute atomic E-state index is 10.8. The van der Waals surface area contributed by atoms with Crippen molar-refractivity contribution >= 4 is 11.9 Å². The van der Waals surface area contributed by atoms with Crippen LogP contribution in [0.25, 0.3) is 0 Å². The Morgan fingerprint density at radius 2 is 1.80 bits per heavy atom. The average molecular weight is 279 g/mol. The lowest BCUT2D eigenvalue weighted by Crippen LogP contribution is -2.08. The van der Waals surface area contributed by atoms with E-state index in [1.807, 2.05) is 0 Å². The Bertz CT molecular complexity index is 396. The molecule has 0 amide bonds. The van der Waals surface area contributed by atoms with Gasteiger partial charge >= 0.3 is 5.97 Å². The highest BCUT2D eigenvalue weighted by Gasteiger charge is 2.05. The second-order valence-corrected chi connectivity index (χ2v) is 4.97. The van der Waals surface area contributed by atoms with E-state index in [9.17, 15) is 4.79 Å². The average Bonchev–Trinajstić information content (AvgIpc) is 2.46. The van der Waals surface area contributed by atoms with Crippen molar-refractivity contribution in [3.05, 3.63) is 18.0 Å². The molecule has 0 fully saturated rings. The molecule has 0 spiro atoms. The highest BCUT2D eigenvalue weighted by molar-refractivity contribution is 5.85. The lowest BCUT2D eigenvalue weighted by molar-refractivity contribution is 0.0690. The summed E-state index contributed by atoms with van der Waals surface area (Å²) in [4.78, 5) is 18.7. The number of carboxylic acid groups (broad SMARTS) is 1. The van der Waals surface area contributed by atoms with Crippen LogP contribution in [0.1, 0.15) is 68.8 Å². The molecule has 1 heterocycles. The van der Waals surface area contributed by atoms with Gasteiger partial charge in [-0.15, -0.1) is 0 Å². The molecular weight excluding hydrogens is 254 g/mol. The van der Waals surface area contributed by atoms with Gasteiger partial charge in [-0.25, -0.2) is 14.8 Å². The number of carboxylic acids is 1. The Hall–Kier alpha value is -1.65. The monoisotopic (exact) mass is 279 g/mol. The van der Waals surface area contributed by atoms with Crippen LogP contribution >= 0.6 is 0 Å². The molecule has 1 rings (SSSR count). The largest absolute Gasteiger partial charge is 0.477 e. The number of hydrogen-bond acceptors (Lipinski definition) is 4. The number of unbranched alkanes of at least 4 members (excludes halogenated alkanes) is 7. The summed E-state index contributed by atoms with van der Waals surface area (Å²) in [6, 6.07) is 1.39. The number of nitrogens with zero attached hydrogens (tertiary/aromatic N) is 2. The highest BCUT2D eigenvalue weighted by atomic mass is 16.4. The first-order chi connectivity index (χ1) is 9.74. The first kappa shape index (κ1) is 16.4. The number of carbonyl (C=O) groups is 1. The normalized spacial score (nSPS) is 10.4. The molecule has 0 saturated heterocycles. The third-order valence-corrected chi connectivity index (χ3v) is 3.19. The van der Waals surface area contributed by atoms with Crippen LogP contribution in [-0.2, 0) is 0 Å². The number of aromatic nitrogens is 2. The van der Waals surface area contributed by atoms with Gasteiger partial charge in [-0.2, -0.15) is 0 Å². The van der Waals surface area contributed by atoms with Gasteiger partial charge in [-0.05, 0) is 12.5 Å².